The second kappa shape index (κ2) is 9.72. The molecule has 0 atom stereocenters. The van der Waals surface area contributed by atoms with Gasteiger partial charge in [0.15, 0.2) is 0 Å². The Labute approximate surface area is 209 Å². The second-order valence-electron chi connectivity index (χ2n) is 8.46. The number of para-hydroxylation sites is 2. The Morgan fingerprint density at radius 1 is 0.444 bits per heavy atom. The summed E-state index contributed by atoms with van der Waals surface area (Å²) in [7, 11) is 0. The first-order valence-corrected chi connectivity index (χ1v) is 11.8. The lowest BCUT2D eigenvalue weighted by Crippen LogP contribution is -1.88. The number of benzene rings is 4. The lowest BCUT2D eigenvalue weighted by molar-refractivity contribution is 1.33. The van der Waals surface area contributed by atoms with Crippen LogP contribution < -0.4 is 0 Å². The second-order valence-corrected chi connectivity index (χ2v) is 8.46. The van der Waals surface area contributed by atoms with E-state index in [2.05, 4.69) is 58.5 Å². The Kier molecular flexibility index (Phi) is 5.83. The van der Waals surface area contributed by atoms with E-state index in [0.29, 0.717) is 0 Å². The number of pyridine rings is 2. The molecule has 170 valence electrons. The fourth-order valence-electron chi connectivity index (χ4n) is 4.24. The third-order valence-electron chi connectivity index (χ3n) is 6.07. The maximum absolute atomic E-state index is 4.80. The normalized spacial score (nSPS) is 11.7. The summed E-state index contributed by atoms with van der Waals surface area (Å²) in [5, 5.41) is 4.51. The summed E-state index contributed by atoms with van der Waals surface area (Å²) < 4.78 is 0. The van der Waals surface area contributed by atoms with E-state index in [-0.39, 0.29) is 0 Å². The number of fused-ring (bicyclic) bond motifs is 2. The zero-order chi connectivity index (χ0) is 24.2. The first-order chi connectivity index (χ1) is 17.8. The van der Waals surface area contributed by atoms with Gasteiger partial charge in [0.2, 0.25) is 0 Å². The first kappa shape index (κ1) is 21.6. The van der Waals surface area contributed by atoms with E-state index < -0.39 is 0 Å². The highest BCUT2D eigenvalue weighted by atomic mass is 14.8. The highest BCUT2D eigenvalue weighted by molar-refractivity contribution is 5.93. The maximum atomic E-state index is 4.80. The minimum Gasteiger partial charge on any atom is -0.255 e. The van der Waals surface area contributed by atoms with Crippen LogP contribution in [-0.4, -0.2) is 22.4 Å². The third kappa shape index (κ3) is 4.52. The predicted octanol–water partition coefficient (Wildman–Crippen LogP) is 7.95. The van der Waals surface area contributed by atoms with Gasteiger partial charge in [-0.15, -0.1) is 0 Å². The molecular weight excluding hydrogens is 440 g/mol. The quantitative estimate of drug-likeness (QED) is 0.244. The van der Waals surface area contributed by atoms with Crippen molar-refractivity contribution in [1.29, 1.82) is 0 Å². The molecule has 6 rings (SSSR count). The Morgan fingerprint density at radius 2 is 0.833 bits per heavy atom. The standard InChI is InChI=1S/C32H22N4/c1-3-11-25-19-33-27(17-23(25)9-1)21-35-31-15-7-5-13-29(31)30-14-6-8-16-32(30)36-22-28-18-24-10-2-4-12-26(24)20-34-28/h1-22H. The summed E-state index contributed by atoms with van der Waals surface area (Å²) in [4.78, 5) is 18.7. The van der Waals surface area contributed by atoms with E-state index in [1.165, 1.54) is 0 Å². The van der Waals surface area contributed by atoms with E-state index in [1.54, 1.807) is 0 Å². The van der Waals surface area contributed by atoms with E-state index in [0.717, 1.165) is 55.4 Å². The Balaban J connectivity index is 1.34. The highest BCUT2D eigenvalue weighted by Crippen LogP contribution is 2.36. The molecule has 0 spiro atoms. The Bertz CT molecular complexity index is 1620. The van der Waals surface area contributed by atoms with E-state index in [1.807, 2.05) is 85.5 Å². The molecule has 0 aliphatic carbocycles. The number of nitrogens with zero attached hydrogens (tertiary/aromatic N) is 4. The van der Waals surface area contributed by atoms with Gasteiger partial charge in [-0.1, -0.05) is 84.9 Å². The van der Waals surface area contributed by atoms with Crippen LogP contribution >= 0.6 is 0 Å². The molecule has 0 aliphatic heterocycles. The molecule has 0 bridgehead atoms. The summed E-state index contributed by atoms with van der Waals surface area (Å²) in [6.45, 7) is 0. The Morgan fingerprint density at radius 3 is 1.31 bits per heavy atom. The van der Waals surface area contributed by atoms with Crippen LogP contribution in [0.25, 0.3) is 32.7 Å². The maximum Gasteiger partial charge on any atom is 0.0818 e. The van der Waals surface area contributed by atoms with Crippen LogP contribution in [-0.2, 0) is 0 Å². The van der Waals surface area contributed by atoms with Crippen LogP contribution in [0.1, 0.15) is 11.4 Å². The van der Waals surface area contributed by atoms with Gasteiger partial charge in [-0.05, 0) is 35.0 Å². The monoisotopic (exact) mass is 462 g/mol. The van der Waals surface area contributed by atoms with E-state index in [4.69, 9.17) is 9.98 Å². The van der Waals surface area contributed by atoms with Crippen molar-refractivity contribution < 1.29 is 0 Å². The van der Waals surface area contributed by atoms with E-state index in [9.17, 15) is 0 Å². The van der Waals surface area contributed by atoms with Crippen LogP contribution in [0, 0.1) is 0 Å². The van der Waals surface area contributed by atoms with Crippen LogP contribution in [0.15, 0.2) is 132 Å². The number of rotatable bonds is 5. The van der Waals surface area contributed by atoms with Crippen molar-refractivity contribution in [3.8, 4) is 11.1 Å². The molecule has 0 radical (unpaired) electrons. The fourth-order valence-corrected chi connectivity index (χ4v) is 4.24. The molecule has 0 amide bonds. The van der Waals surface area contributed by atoms with Crippen LogP contribution in [0.4, 0.5) is 11.4 Å². The average molecular weight is 463 g/mol. The SMILES string of the molecule is C(=Nc1ccccc1-c1ccccc1N=Cc1cc2ccccc2cn1)c1cc2ccccc2cn1. The molecule has 36 heavy (non-hydrogen) atoms. The van der Waals surface area contributed by atoms with Crippen LogP contribution in [0.3, 0.4) is 0 Å². The summed E-state index contributed by atoms with van der Waals surface area (Å²) >= 11 is 0. The molecule has 4 heteroatoms. The molecule has 2 heterocycles. The van der Waals surface area contributed by atoms with Crippen LogP contribution in [0.5, 0.6) is 0 Å². The van der Waals surface area contributed by atoms with Gasteiger partial charge in [-0.3, -0.25) is 20.0 Å². The molecule has 0 N–H and O–H groups in total. The molecule has 2 aromatic heterocycles. The topological polar surface area (TPSA) is 50.5 Å². The molecule has 4 nitrogen and oxygen atoms in total. The average Bonchev–Trinajstić information content (AvgIpc) is 2.95. The Hall–Kier alpha value is -4.96. The minimum atomic E-state index is 0.817. The van der Waals surface area contributed by atoms with Gasteiger partial charge in [0.05, 0.1) is 35.2 Å². The number of hydrogen-bond acceptors (Lipinski definition) is 4. The van der Waals surface area contributed by atoms with Gasteiger partial charge in [0.1, 0.15) is 0 Å². The highest BCUT2D eigenvalue weighted by Gasteiger charge is 2.08. The lowest BCUT2D eigenvalue weighted by Gasteiger charge is -2.09. The number of aromatic nitrogens is 2. The summed E-state index contributed by atoms with van der Waals surface area (Å²) in [5.41, 5.74) is 5.37. The van der Waals surface area contributed by atoms with Crippen molar-refractivity contribution in [3.63, 3.8) is 0 Å². The molecule has 0 unspecified atom stereocenters. The molecule has 0 saturated carbocycles. The van der Waals surface area contributed by atoms with Gasteiger partial charge in [0, 0.05) is 34.3 Å². The number of hydrogen-bond donors (Lipinski definition) is 0. The van der Waals surface area contributed by atoms with Crippen LogP contribution in [0.2, 0.25) is 0 Å². The summed E-state index contributed by atoms with van der Waals surface area (Å²) in [6.07, 6.45) is 7.40. The van der Waals surface area contributed by atoms with Crippen molar-refractivity contribution in [2.45, 2.75) is 0 Å². The molecule has 0 aliphatic rings. The zero-order valence-electron chi connectivity index (χ0n) is 19.5. The fraction of sp³-hybridized carbons (Fsp3) is 0. The van der Waals surface area contributed by atoms with E-state index >= 15 is 0 Å². The van der Waals surface area contributed by atoms with Gasteiger partial charge < -0.3 is 0 Å². The molecule has 0 saturated heterocycles. The summed E-state index contributed by atoms with van der Waals surface area (Å²) in [5.74, 6) is 0. The van der Waals surface area contributed by atoms with Gasteiger partial charge in [-0.25, -0.2) is 0 Å². The number of aliphatic imine (C=N–C) groups is 2. The van der Waals surface area contributed by atoms with Crippen molar-refractivity contribution in [2.24, 2.45) is 9.98 Å². The van der Waals surface area contributed by atoms with Crippen molar-refractivity contribution in [3.05, 3.63) is 133 Å². The molecule has 4 aromatic carbocycles. The van der Waals surface area contributed by atoms with Gasteiger partial charge in [-0.2, -0.15) is 0 Å². The smallest absolute Gasteiger partial charge is 0.0818 e. The minimum absolute atomic E-state index is 0.817. The molecule has 6 aromatic rings. The zero-order valence-corrected chi connectivity index (χ0v) is 19.5. The van der Waals surface area contributed by atoms with Gasteiger partial charge in [0.25, 0.3) is 0 Å². The van der Waals surface area contributed by atoms with Gasteiger partial charge >= 0.3 is 0 Å². The van der Waals surface area contributed by atoms with Crippen molar-refractivity contribution in [1.82, 2.24) is 9.97 Å². The predicted molar refractivity (Wildman–Crippen MR) is 150 cm³/mol. The van der Waals surface area contributed by atoms with Crippen molar-refractivity contribution in [2.75, 3.05) is 0 Å². The molecule has 0 fully saturated rings. The first-order valence-electron chi connectivity index (χ1n) is 11.8. The van der Waals surface area contributed by atoms with Crippen molar-refractivity contribution >= 4 is 45.3 Å². The molecular formula is C32H22N4. The largest absolute Gasteiger partial charge is 0.255 e. The third-order valence-corrected chi connectivity index (χ3v) is 6.07. The lowest BCUT2D eigenvalue weighted by atomic mass is 10.0. The summed E-state index contributed by atoms with van der Waals surface area (Å²) in [6, 6.07) is 36.7.